The molecular weight excluding hydrogens is 275 g/mol. The number of allylic oxidation sites excluding steroid dienone is 2. The highest BCUT2D eigenvalue weighted by molar-refractivity contribution is 5.37. The Balaban J connectivity index is 1.55. The predicted octanol–water partition coefficient (Wildman–Crippen LogP) is 5.60. The number of rotatable bonds is 7. The zero-order valence-electron chi connectivity index (χ0n) is 13.6. The van der Waals surface area contributed by atoms with Gasteiger partial charge in [0.1, 0.15) is 0 Å². The summed E-state index contributed by atoms with van der Waals surface area (Å²) in [6.45, 7) is 2.50. The van der Waals surface area contributed by atoms with Crippen molar-refractivity contribution in [1.29, 1.82) is 0 Å². The third kappa shape index (κ3) is 4.12. The van der Waals surface area contributed by atoms with Gasteiger partial charge in [-0.15, -0.1) is 0 Å². The second kappa shape index (κ2) is 7.30. The monoisotopic (exact) mass is 302 g/mol. The second-order valence-electron chi connectivity index (χ2n) is 6.92. The van der Waals surface area contributed by atoms with Crippen LogP contribution in [0, 0.1) is 24.6 Å². The molecule has 2 aliphatic carbocycles. The van der Waals surface area contributed by atoms with Crippen LogP contribution in [0.1, 0.15) is 56.1 Å². The maximum absolute atomic E-state index is 14.4. The fourth-order valence-electron chi connectivity index (χ4n) is 3.31. The van der Waals surface area contributed by atoms with Gasteiger partial charge in [-0.1, -0.05) is 43.9 Å². The van der Waals surface area contributed by atoms with Crippen LogP contribution in [-0.2, 0) is 6.42 Å². The molecule has 0 unspecified atom stereocenters. The molecule has 22 heavy (non-hydrogen) atoms. The van der Waals surface area contributed by atoms with Gasteiger partial charge in [-0.3, -0.25) is 0 Å². The van der Waals surface area contributed by atoms with Crippen molar-refractivity contribution in [2.75, 3.05) is 6.61 Å². The van der Waals surface area contributed by atoms with Crippen molar-refractivity contribution in [3.05, 3.63) is 41.2 Å². The molecule has 0 heterocycles. The van der Waals surface area contributed by atoms with Gasteiger partial charge < -0.3 is 4.74 Å². The lowest BCUT2D eigenvalue weighted by atomic mass is 10.0. The molecule has 0 atom stereocenters. The van der Waals surface area contributed by atoms with Gasteiger partial charge in [0, 0.05) is 0 Å². The minimum Gasteiger partial charge on any atom is -0.490 e. The molecular formula is C20H27FO. The van der Waals surface area contributed by atoms with Crippen LogP contribution < -0.4 is 4.74 Å². The number of hydrogen-bond donors (Lipinski definition) is 0. The molecule has 0 saturated heterocycles. The van der Waals surface area contributed by atoms with E-state index in [9.17, 15) is 4.39 Å². The van der Waals surface area contributed by atoms with E-state index in [-0.39, 0.29) is 5.82 Å². The zero-order valence-corrected chi connectivity index (χ0v) is 13.6. The van der Waals surface area contributed by atoms with Crippen LogP contribution in [-0.4, -0.2) is 6.61 Å². The van der Waals surface area contributed by atoms with E-state index in [0.717, 1.165) is 35.8 Å². The first-order chi connectivity index (χ1) is 10.7. The summed E-state index contributed by atoms with van der Waals surface area (Å²) in [5.74, 6) is 1.81. The molecule has 0 bridgehead atoms. The Morgan fingerprint density at radius 3 is 2.68 bits per heavy atom. The minimum atomic E-state index is -0.178. The van der Waals surface area contributed by atoms with Crippen molar-refractivity contribution in [3.8, 4) is 5.75 Å². The van der Waals surface area contributed by atoms with E-state index in [1.165, 1.54) is 38.5 Å². The molecule has 0 radical (unpaired) electrons. The van der Waals surface area contributed by atoms with Crippen molar-refractivity contribution in [3.63, 3.8) is 0 Å². The summed E-state index contributed by atoms with van der Waals surface area (Å²) in [6.07, 6.45) is 14.4. The number of halogens is 1. The molecule has 0 spiro atoms. The lowest BCUT2D eigenvalue weighted by molar-refractivity contribution is 0.287. The van der Waals surface area contributed by atoms with Gasteiger partial charge in [-0.25, -0.2) is 4.39 Å². The molecule has 120 valence electrons. The standard InChI is InChI=1S/C20H27FO/c1-15-18(8-4-7-16-5-2-3-6-16)11-12-19(20(15)21)22-14-13-17-9-10-17/h4,7,11-12,16-17H,2-3,5-6,8-10,13-14H2,1H3/b7-4+. The summed E-state index contributed by atoms with van der Waals surface area (Å²) in [5, 5.41) is 0. The summed E-state index contributed by atoms with van der Waals surface area (Å²) >= 11 is 0. The van der Waals surface area contributed by atoms with Crippen LogP contribution in [0.4, 0.5) is 4.39 Å². The Labute approximate surface area is 133 Å². The van der Waals surface area contributed by atoms with Gasteiger partial charge in [0.25, 0.3) is 0 Å². The number of hydrogen-bond acceptors (Lipinski definition) is 1. The third-order valence-corrected chi connectivity index (χ3v) is 5.09. The highest BCUT2D eigenvalue weighted by Crippen LogP contribution is 2.33. The van der Waals surface area contributed by atoms with Crippen molar-refractivity contribution >= 4 is 0 Å². The van der Waals surface area contributed by atoms with E-state index < -0.39 is 0 Å². The Bertz CT molecular complexity index is 525. The summed E-state index contributed by atoms with van der Waals surface area (Å²) in [6, 6.07) is 3.82. The lowest BCUT2D eigenvalue weighted by Gasteiger charge is -2.11. The largest absolute Gasteiger partial charge is 0.490 e. The average Bonchev–Trinajstić information content (AvgIpc) is 3.19. The van der Waals surface area contributed by atoms with E-state index in [1.807, 2.05) is 13.0 Å². The van der Waals surface area contributed by atoms with E-state index in [1.54, 1.807) is 6.07 Å². The van der Waals surface area contributed by atoms with Crippen molar-refractivity contribution in [1.82, 2.24) is 0 Å². The third-order valence-electron chi connectivity index (χ3n) is 5.09. The van der Waals surface area contributed by atoms with E-state index in [0.29, 0.717) is 12.4 Å². The van der Waals surface area contributed by atoms with Crippen LogP contribution in [0.15, 0.2) is 24.3 Å². The van der Waals surface area contributed by atoms with Crippen LogP contribution in [0.3, 0.4) is 0 Å². The summed E-state index contributed by atoms with van der Waals surface area (Å²) in [4.78, 5) is 0. The molecule has 0 aliphatic heterocycles. The lowest BCUT2D eigenvalue weighted by Crippen LogP contribution is -2.02. The topological polar surface area (TPSA) is 9.23 Å². The summed E-state index contributed by atoms with van der Waals surface area (Å²) in [7, 11) is 0. The van der Waals surface area contributed by atoms with Gasteiger partial charge in [-0.05, 0) is 61.6 Å². The van der Waals surface area contributed by atoms with E-state index in [4.69, 9.17) is 4.74 Å². The van der Waals surface area contributed by atoms with E-state index in [2.05, 4.69) is 12.2 Å². The molecule has 2 saturated carbocycles. The van der Waals surface area contributed by atoms with Gasteiger partial charge in [0.05, 0.1) is 6.61 Å². The normalized spacial score (nSPS) is 19.2. The van der Waals surface area contributed by atoms with E-state index >= 15 is 0 Å². The first-order valence-corrected chi connectivity index (χ1v) is 8.81. The van der Waals surface area contributed by atoms with Gasteiger partial charge in [0.15, 0.2) is 11.6 Å². The molecule has 0 amide bonds. The second-order valence-corrected chi connectivity index (χ2v) is 6.92. The number of benzene rings is 1. The number of ether oxygens (including phenoxy) is 1. The molecule has 1 nitrogen and oxygen atoms in total. The summed E-state index contributed by atoms with van der Waals surface area (Å²) in [5.41, 5.74) is 1.81. The van der Waals surface area contributed by atoms with Crippen molar-refractivity contribution in [2.45, 2.75) is 58.3 Å². The maximum atomic E-state index is 14.4. The van der Waals surface area contributed by atoms with Gasteiger partial charge in [0.2, 0.25) is 0 Å². The highest BCUT2D eigenvalue weighted by atomic mass is 19.1. The van der Waals surface area contributed by atoms with Crippen LogP contribution >= 0.6 is 0 Å². The Morgan fingerprint density at radius 1 is 1.18 bits per heavy atom. The molecule has 0 N–H and O–H groups in total. The van der Waals surface area contributed by atoms with Crippen LogP contribution in [0.25, 0.3) is 0 Å². The molecule has 3 rings (SSSR count). The fraction of sp³-hybridized carbons (Fsp3) is 0.600. The van der Waals surface area contributed by atoms with Crippen molar-refractivity contribution in [2.24, 2.45) is 11.8 Å². The smallest absolute Gasteiger partial charge is 0.168 e. The Kier molecular flexibility index (Phi) is 5.17. The summed E-state index contributed by atoms with van der Waals surface area (Å²) < 4.78 is 20.0. The minimum absolute atomic E-state index is 0.178. The molecule has 2 aliphatic rings. The molecule has 0 aromatic heterocycles. The molecule has 1 aromatic carbocycles. The van der Waals surface area contributed by atoms with Gasteiger partial charge >= 0.3 is 0 Å². The average molecular weight is 302 g/mol. The Morgan fingerprint density at radius 2 is 1.95 bits per heavy atom. The molecule has 1 aromatic rings. The maximum Gasteiger partial charge on any atom is 0.168 e. The quantitative estimate of drug-likeness (QED) is 0.595. The predicted molar refractivity (Wildman–Crippen MR) is 88.8 cm³/mol. The molecule has 2 heteroatoms. The first kappa shape index (κ1) is 15.6. The Hall–Kier alpha value is -1.31. The first-order valence-electron chi connectivity index (χ1n) is 8.81. The highest BCUT2D eigenvalue weighted by Gasteiger charge is 2.21. The molecule has 2 fully saturated rings. The fourth-order valence-corrected chi connectivity index (χ4v) is 3.31. The van der Waals surface area contributed by atoms with Crippen LogP contribution in [0.5, 0.6) is 5.75 Å². The van der Waals surface area contributed by atoms with Crippen LogP contribution in [0.2, 0.25) is 0 Å². The zero-order chi connectivity index (χ0) is 15.4. The van der Waals surface area contributed by atoms with Crippen molar-refractivity contribution < 1.29 is 9.13 Å². The van der Waals surface area contributed by atoms with Gasteiger partial charge in [-0.2, -0.15) is 0 Å². The SMILES string of the molecule is Cc1c(C/C=C/C2CCCC2)ccc(OCCC2CC2)c1F.